The van der Waals surface area contributed by atoms with Crippen LogP contribution in [-0.4, -0.2) is 12.8 Å². The van der Waals surface area contributed by atoms with E-state index in [1.807, 2.05) is 6.07 Å². The molecule has 80 valence electrons. The molecule has 0 atom stereocenters. The van der Waals surface area contributed by atoms with Gasteiger partial charge in [-0.2, -0.15) is 18.4 Å². The van der Waals surface area contributed by atoms with E-state index in [2.05, 4.69) is 20.7 Å². The van der Waals surface area contributed by atoms with Gasteiger partial charge in [-0.25, -0.2) is 0 Å². The van der Waals surface area contributed by atoms with Crippen molar-refractivity contribution in [3.8, 4) is 11.8 Å². The molecule has 0 radical (unpaired) electrons. The number of benzene rings is 1. The molecule has 0 aliphatic heterocycles. The third-order valence-corrected chi connectivity index (χ3v) is 2.12. The van der Waals surface area contributed by atoms with Crippen molar-refractivity contribution in [1.29, 1.82) is 5.26 Å². The Bertz CT molecular complexity index is 397. The molecule has 0 fully saturated rings. The zero-order valence-electron chi connectivity index (χ0n) is 7.31. The Balaban J connectivity index is 2.73. The van der Waals surface area contributed by atoms with Crippen molar-refractivity contribution < 1.29 is 17.9 Å². The van der Waals surface area contributed by atoms with Gasteiger partial charge in [0.1, 0.15) is 11.8 Å². The lowest BCUT2D eigenvalue weighted by atomic mass is 10.2. The van der Waals surface area contributed by atoms with E-state index in [4.69, 9.17) is 5.26 Å². The molecule has 0 aliphatic carbocycles. The molecule has 0 saturated heterocycles. The van der Waals surface area contributed by atoms with Crippen LogP contribution in [0.2, 0.25) is 0 Å². The second-order valence-electron chi connectivity index (χ2n) is 2.66. The molecule has 0 aromatic heterocycles. The van der Waals surface area contributed by atoms with Crippen molar-refractivity contribution in [3.05, 3.63) is 28.2 Å². The average Bonchev–Trinajstić information content (AvgIpc) is 2.14. The molecule has 0 heterocycles. The number of hydrogen-bond acceptors (Lipinski definition) is 2. The number of rotatable bonds is 2. The normalized spacial score (nSPS) is 10.9. The van der Waals surface area contributed by atoms with Gasteiger partial charge in [0.15, 0.2) is 6.61 Å². The Hall–Kier alpha value is -1.22. The van der Waals surface area contributed by atoms with Crippen LogP contribution in [0.5, 0.6) is 5.75 Å². The van der Waals surface area contributed by atoms with Crippen LogP contribution >= 0.6 is 15.9 Å². The van der Waals surface area contributed by atoms with E-state index < -0.39 is 12.8 Å². The fraction of sp³-hybridized carbons (Fsp3) is 0.222. The van der Waals surface area contributed by atoms with Gasteiger partial charge in [0.25, 0.3) is 0 Å². The van der Waals surface area contributed by atoms with Crippen LogP contribution in [0.3, 0.4) is 0 Å². The van der Waals surface area contributed by atoms with E-state index in [0.717, 1.165) is 0 Å². The van der Waals surface area contributed by atoms with Crippen LogP contribution in [0.25, 0.3) is 0 Å². The van der Waals surface area contributed by atoms with Crippen molar-refractivity contribution in [1.82, 2.24) is 0 Å². The maximum absolute atomic E-state index is 11.8. The molecule has 0 N–H and O–H groups in total. The first-order chi connectivity index (χ1) is 6.92. The summed E-state index contributed by atoms with van der Waals surface area (Å²) in [7, 11) is 0. The Morgan fingerprint density at radius 2 is 2.07 bits per heavy atom. The van der Waals surface area contributed by atoms with Crippen molar-refractivity contribution in [2.45, 2.75) is 6.18 Å². The molecule has 0 unspecified atom stereocenters. The van der Waals surface area contributed by atoms with Gasteiger partial charge in [0, 0.05) is 4.47 Å². The standard InChI is InChI=1S/C9H5BrF3NO/c10-8-3-7(2-1-6(8)4-14)15-5-9(11,12)13/h1-3H,5H2. The van der Waals surface area contributed by atoms with Gasteiger partial charge in [0.2, 0.25) is 0 Å². The largest absolute Gasteiger partial charge is 0.484 e. The Kier molecular flexibility index (Phi) is 3.58. The topological polar surface area (TPSA) is 33.0 Å². The SMILES string of the molecule is N#Cc1ccc(OCC(F)(F)F)cc1Br. The van der Waals surface area contributed by atoms with E-state index in [1.165, 1.54) is 18.2 Å². The zero-order chi connectivity index (χ0) is 11.5. The fourth-order valence-corrected chi connectivity index (χ4v) is 1.29. The molecule has 0 amide bonds. The maximum Gasteiger partial charge on any atom is 0.422 e. The van der Waals surface area contributed by atoms with Crippen LogP contribution in [0.4, 0.5) is 13.2 Å². The average molecular weight is 280 g/mol. The molecule has 1 aromatic carbocycles. The maximum atomic E-state index is 11.8. The summed E-state index contributed by atoms with van der Waals surface area (Å²) in [6.07, 6.45) is -4.36. The third-order valence-electron chi connectivity index (χ3n) is 1.46. The predicted octanol–water partition coefficient (Wildman–Crippen LogP) is 3.26. The van der Waals surface area contributed by atoms with E-state index in [9.17, 15) is 13.2 Å². The molecule has 15 heavy (non-hydrogen) atoms. The van der Waals surface area contributed by atoms with Crippen LogP contribution in [-0.2, 0) is 0 Å². The van der Waals surface area contributed by atoms with E-state index in [0.29, 0.717) is 10.0 Å². The summed E-state index contributed by atoms with van der Waals surface area (Å²) >= 11 is 3.04. The second-order valence-corrected chi connectivity index (χ2v) is 3.51. The van der Waals surface area contributed by atoms with Gasteiger partial charge in [-0.1, -0.05) is 0 Å². The van der Waals surface area contributed by atoms with Gasteiger partial charge in [0.05, 0.1) is 5.56 Å². The lowest BCUT2D eigenvalue weighted by molar-refractivity contribution is -0.153. The number of ether oxygens (including phenoxy) is 1. The molecule has 0 bridgehead atoms. The molecule has 0 saturated carbocycles. The summed E-state index contributed by atoms with van der Waals surface area (Å²) < 4.78 is 40.3. The molecule has 2 nitrogen and oxygen atoms in total. The highest BCUT2D eigenvalue weighted by atomic mass is 79.9. The third kappa shape index (κ3) is 3.80. The van der Waals surface area contributed by atoms with Crippen molar-refractivity contribution >= 4 is 15.9 Å². The number of alkyl halides is 3. The highest BCUT2D eigenvalue weighted by molar-refractivity contribution is 9.10. The fourth-order valence-electron chi connectivity index (χ4n) is 0.841. The molecule has 1 rings (SSSR count). The van der Waals surface area contributed by atoms with Crippen LogP contribution < -0.4 is 4.74 Å². The van der Waals surface area contributed by atoms with Gasteiger partial charge in [-0.3, -0.25) is 0 Å². The lowest BCUT2D eigenvalue weighted by Gasteiger charge is -2.09. The van der Waals surface area contributed by atoms with E-state index in [-0.39, 0.29) is 5.75 Å². The Morgan fingerprint density at radius 3 is 2.53 bits per heavy atom. The molecule has 1 aromatic rings. The van der Waals surface area contributed by atoms with Crippen molar-refractivity contribution in [2.75, 3.05) is 6.61 Å². The number of halogens is 4. The highest BCUT2D eigenvalue weighted by Gasteiger charge is 2.28. The van der Waals surface area contributed by atoms with Crippen LogP contribution in [0.15, 0.2) is 22.7 Å². The van der Waals surface area contributed by atoms with Crippen LogP contribution in [0.1, 0.15) is 5.56 Å². The minimum absolute atomic E-state index is 0.0678. The quantitative estimate of drug-likeness (QED) is 0.833. The number of nitriles is 1. The second kappa shape index (κ2) is 4.53. The minimum Gasteiger partial charge on any atom is -0.484 e. The first-order valence-corrected chi connectivity index (χ1v) is 4.61. The van der Waals surface area contributed by atoms with E-state index in [1.54, 1.807) is 0 Å². The lowest BCUT2D eigenvalue weighted by Crippen LogP contribution is -2.19. The first kappa shape index (κ1) is 11.9. The summed E-state index contributed by atoms with van der Waals surface area (Å²) in [6, 6.07) is 5.89. The van der Waals surface area contributed by atoms with Gasteiger partial charge in [-0.15, -0.1) is 0 Å². The monoisotopic (exact) mass is 279 g/mol. The summed E-state index contributed by atoms with van der Waals surface area (Å²) in [6.45, 7) is -1.34. The minimum atomic E-state index is -4.36. The van der Waals surface area contributed by atoms with Gasteiger partial charge < -0.3 is 4.74 Å². The van der Waals surface area contributed by atoms with Crippen molar-refractivity contribution in [2.24, 2.45) is 0 Å². The summed E-state index contributed by atoms with van der Waals surface area (Å²) in [4.78, 5) is 0. The predicted molar refractivity (Wildman–Crippen MR) is 50.4 cm³/mol. The molecule has 6 heteroatoms. The first-order valence-electron chi connectivity index (χ1n) is 3.81. The highest BCUT2D eigenvalue weighted by Crippen LogP contribution is 2.24. The number of nitrogens with zero attached hydrogens (tertiary/aromatic N) is 1. The smallest absolute Gasteiger partial charge is 0.422 e. The molecular formula is C9H5BrF3NO. The van der Waals surface area contributed by atoms with Gasteiger partial charge >= 0.3 is 6.18 Å². The molecular weight excluding hydrogens is 275 g/mol. The Labute approximate surface area is 92.4 Å². The van der Waals surface area contributed by atoms with Crippen molar-refractivity contribution in [3.63, 3.8) is 0 Å². The van der Waals surface area contributed by atoms with Gasteiger partial charge in [-0.05, 0) is 34.1 Å². The molecule has 0 spiro atoms. The number of hydrogen-bond donors (Lipinski definition) is 0. The van der Waals surface area contributed by atoms with E-state index >= 15 is 0 Å². The summed E-state index contributed by atoms with van der Waals surface area (Å²) in [5.74, 6) is 0.0678. The summed E-state index contributed by atoms with van der Waals surface area (Å²) in [5, 5.41) is 8.57. The Morgan fingerprint density at radius 1 is 1.40 bits per heavy atom. The van der Waals surface area contributed by atoms with Crippen LogP contribution in [0, 0.1) is 11.3 Å². The molecule has 0 aliphatic rings. The zero-order valence-corrected chi connectivity index (χ0v) is 8.89. The summed E-state index contributed by atoms with van der Waals surface area (Å²) in [5.41, 5.74) is 0.342.